The molecule has 1 rings (SSSR count). The van der Waals surface area contributed by atoms with Crippen LogP contribution in [0.25, 0.3) is 0 Å². The van der Waals surface area contributed by atoms with Gasteiger partial charge in [0.05, 0.1) is 5.56 Å². The van der Waals surface area contributed by atoms with Crippen LogP contribution < -0.4 is 10.5 Å². The summed E-state index contributed by atoms with van der Waals surface area (Å²) in [6, 6.07) is 0. The van der Waals surface area contributed by atoms with E-state index in [1.165, 1.54) is 6.33 Å². The average Bonchev–Trinajstić information content (AvgIpc) is 1.99. The summed E-state index contributed by atoms with van der Waals surface area (Å²) in [5.41, 5.74) is 6.42. The predicted octanol–water partition coefficient (Wildman–Crippen LogP) is 2.36. The Balaban J connectivity index is 3.12. The molecule has 84 valence electrons. The van der Waals surface area contributed by atoms with Crippen LogP contribution in [0.2, 0.25) is 0 Å². The van der Waals surface area contributed by atoms with E-state index in [-0.39, 0.29) is 11.5 Å². The SMILES string of the molecule is CC(C)c1c(N)ncnc1OC(C)(C)C. The molecule has 1 aromatic rings. The smallest absolute Gasteiger partial charge is 0.222 e. The number of hydrogen-bond donors (Lipinski definition) is 1. The Morgan fingerprint density at radius 1 is 1.27 bits per heavy atom. The van der Waals surface area contributed by atoms with E-state index in [9.17, 15) is 0 Å². The third kappa shape index (κ3) is 3.08. The van der Waals surface area contributed by atoms with Crippen LogP contribution in [0.5, 0.6) is 5.88 Å². The van der Waals surface area contributed by atoms with Gasteiger partial charge in [-0.25, -0.2) is 9.97 Å². The van der Waals surface area contributed by atoms with E-state index in [1.807, 2.05) is 34.6 Å². The molecule has 0 fully saturated rings. The fraction of sp³-hybridized carbons (Fsp3) is 0.636. The van der Waals surface area contributed by atoms with E-state index in [0.29, 0.717) is 11.7 Å². The van der Waals surface area contributed by atoms with E-state index in [2.05, 4.69) is 9.97 Å². The molecule has 0 saturated carbocycles. The Labute approximate surface area is 90.9 Å². The van der Waals surface area contributed by atoms with Crippen molar-refractivity contribution in [3.05, 3.63) is 11.9 Å². The standard InChI is InChI=1S/C11H19N3O/c1-7(2)8-9(12)13-6-14-10(8)15-11(3,4)5/h6-7H,1-5H3,(H2,12,13,14). The second kappa shape index (κ2) is 4.04. The first-order valence-electron chi connectivity index (χ1n) is 5.10. The minimum atomic E-state index is -0.273. The van der Waals surface area contributed by atoms with E-state index in [4.69, 9.17) is 10.5 Å². The molecule has 0 aliphatic heterocycles. The predicted molar refractivity (Wildman–Crippen MR) is 60.9 cm³/mol. The summed E-state index contributed by atoms with van der Waals surface area (Å²) in [7, 11) is 0. The molecule has 1 heterocycles. The Morgan fingerprint density at radius 2 is 1.87 bits per heavy atom. The van der Waals surface area contributed by atoms with Crippen molar-refractivity contribution in [3.8, 4) is 5.88 Å². The maximum absolute atomic E-state index is 5.81. The number of hydrogen-bond acceptors (Lipinski definition) is 4. The van der Waals surface area contributed by atoms with Gasteiger partial charge in [0.15, 0.2) is 0 Å². The summed E-state index contributed by atoms with van der Waals surface area (Å²) in [5.74, 6) is 1.34. The summed E-state index contributed by atoms with van der Waals surface area (Å²) < 4.78 is 5.74. The molecular weight excluding hydrogens is 190 g/mol. The third-order valence-corrected chi connectivity index (χ3v) is 1.86. The van der Waals surface area contributed by atoms with Crippen LogP contribution in [-0.2, 0) is 0 Å². The lowest BCUT2D eigenvalue weighted by Gasteiger charge is -2.23. The van der Waals surface area contributed by atoms with Crippen LogP contribution in [0.4, 0.5) is 5.82 Å². The molecule has 4 nitrogen and oxygen atoms in total. The normalized spacial score (nSPS) is 11.9. The van der Waals surface area contributed by atoms with Gasteiger partial charge >= 0.3 is 0 Å². The van der Waals surface area contributed by atoms with Crippen molar-refractivity contribution in [2.45, 2.75) is 46.1 Å². The number of nitrogen functional groups attached to an aromatic ring is 1. The number of nitrogens with zero attached hydrogens (tertiary/aromatic N) is 2. The summed E-state index contributed by atoms with van der Waals surface area (Å²) in [4.78, 5) is 8.11. The highest BCUT2D eigenvalue weighted by atomic mass is 16.5. The Morgan fingerprint density at radius 3 is 2.33 bits per heavy atom. The number of aromatic nitrogens is 2. The van der Waals surface area contributed by atoms with Gasteiger partial charge in [0.1, 0.15) is 17.7 Å². The fourth-order valence-corrected chi connectivity index (χ4v) is 1.31. The van der Waals surface area contributed by atoms with Crippen molar-refractivity contribution in [1.29, 1.82) is 0 Å². The van der Waals surface area contributed by atoms with Gasteiger partial charge in [-0.1, -0.05) is 13.8 Å². The second-order valence-corrected chi connectivity index (χ2v) is 4.85. The summed E-state index contributed by atoms with van der Waals surface area (Å²) >= 11 is 0. The molecule has 4 heteroatoms. The van der Waals surface area contributed by atoms with Gasteiger partial charge in [-0.05, 0) is 26.7 Å². The zero-order valence-electron chi connectivity index (χ0n) is 10.0. The molecular formula is C11H19N3O. The van der Waals surface area contributed by atoms with Gasteiger partial charge in [-0.2, -0.15) is 0 Å². The van der Waals surface area contributed by atoms with Crippen LogP contribution in [0.3, 0.4) is 0 Å². The van der Waals surface area contributed by atoms with Gasteiger partial charge < -0.3 is 10.5 Å². The van der Waals surface area contributed by atoms with Crippen LogP contribution in [0, 0.1) is 0 Å². The molecule has 15 heavy (non-hydrogen) atoms. The lowest BCUT2D eigenvalue weighted by molar-refractivity contribution is 0.122. The Bertz CT molecular complexity index is 342. The van der Waals surface area contributed by atoms with Gasteiger partial charge in [-0.15, -0.1) is 0 Å². The molecule has 2 N–H and O–H groups in total. The first-order valence-corrected chi connectivity index (χ1v) is 5.10. The fourth-order valence-electron chi connectivity index (χ4n) is 1.31. The molecule has 0 spiro atoms. The Hall–Kier alpha value is -1.32. The number of anilines is 1. The van der Waals surface area contributed by atoms with Crippen LogP contribution in [0.1, 0.15) is 46.1 Å². The van der Waals surface area contributed by atoms with Crippen molar-refractivity contribution >= 4 is 5.82 Å². The monoisotopic (exact) mass is 209 g/mol. The van der Waals surface area contributed by atoms with E-state index in [1.54, 1.807) is 0 Å². The molecule has 0 unspecified atom stereocenters. The molecule has 0 saturated heterocycles. The maximum atomic E-state index is 5.81. The van der Waals surface area contributed by atoms with E-state index < -0.39 is 0 Å². The molecule has 0 bridgehead atoms. The average molecular weight is 209 g/mol. The Kier molecular flexibility index (Phi) is 3.17. The van der Waals surface area contributed by atoms with Crippen LogP contribution in [0.15, 0.2) is 6.33 Å². The highest BCUT2D eigenvalue weighted by Gasteiger charge is 2.19. The van der Waals surface area contributed by atoms with Crippen molar-refractivity contribution < 1.29 is 4.74 Å². The van der Waals surface area contributed by atoms with E-state index in [0.717, 1.165) is 5.56 Å². The minimum Gasteiger partial charge on any atom is -0.472 e. The summed E-state index contributed by atoms with van der Waals surface area (Å²) in [6.45, 7) is 10.0. The first kappa shape index (κ1) is 11.8. The lowest BCUT2D eigenvalue weighted by atomic mass is 10.1. The number of nitrogens with two attached hydrogens (primary N) is 1. The van der Waals surface area contributed by atoms with Crippen molar-refractivity contribution in [1.82, 2.24) is 9.97 Å². The largest absolute Gasteiger partial charge is 0.472 e. The molecule has 0 amide bonds. The number of rotatable bonds is 2. The van der Waals surface area contributed by atoms with Gasteiger partial charge in [0.2, 0.25) is 5.88 Å². The third-order valence-electron chi connectivity index (χ3n) is 1.86. The molecule has 0 aliphatic carbocycles. The highest BCUT2D eigenvalue weighted by Crippen LogP contribution is 2.30. The van der Waals surface area contributed by atoms with Crippen LogP contribution in [-0.4, -0.2) is 15.6 Å². The van der Waals surface area contributed by atoms with Crippen LogP contribution >= 0.6 is 0 Å². The van der Waals surface area contributed by atoms with E-state index >= 15 is 0 Å². The van der Waals surface area contributed by atoms with Gasteiger partial charge in [0.25, 0.3) is 0 Å². The van der Waals surface area contributed by atoms with Gasteiger partial charge in [0, 0.05) is 0 Å². The van der Waals surface area contributed by atoms with Crippen molar-refractivity contribution in [2.75, 3.05) is 5.73 Å². The zero-order valence-corrected chi connectivity index (χ0v) is 10.0. The summed E-state index contributed by atoms with van der Waals surface area (Å²) in [5, 5.41) is 0. The quantitative estimate of drug-likeness (QED) is 0.812. The molecule has 0 radical (unpaired) electrons. The maximum Gasteiger partial charge on any atom is 0.222 e. The topological polar surface area (TPSA) is 61.0 Å². The highest BCUT2D eigenvalue weighted by molar-refractivity contribution is 5.46. The van der Waals surface area contributed by atoms with Crippen molar-refractivity contribution in [2.24, 2.45) is 0 Å². The second-order valence-electron chi connectivity index (χ2n) is 4.85. The molecule has 0 aliphatic rings. The first-order chi connectivity index (χ1) is 6.81. The lowest BCUT2D eigenvalue weighted by Crippen LogP contribution is -2.25. The van der Waals surface area contributed by atoms with Crippen molar-refractivity contribution in [3.63, 3.8) is 0 Å². The minimum absolute atomic E-state index is 0.253. The molecule has 1 aromatic heterocycles. The number of ether oxygens (including phenoxy) is 1. The summed E-state index contributed by atoms with van der Waals surface area (Å²) in [6.07, 6.45) is 1.43. The molecule has 0 aromatic carbocycles. The molecule has 0 atom stereocenters. The van der Waals surface area contributed by atoms with Gasteiger partial charge in [-0.3, -0.25) is 0 Å². The zero-order chi connectivity index (χ0) is 11.6.